The summed E-state index contributed by atoms with van der Waals surface area (Å²) in [6.07, 6.45) is 14.6. The van der Waals surface area contributed by atoms with Crippen LogP contribution in [-0.4, -0.2) is 8.19 Å². The molecule has 0 fully saturated rings. The van der Waals surface area contributed by atoms with Gasteiger partial charge >= 0.3 is 41.3 Å². The van der Waals surface area contributed by atoms with Gasteiger partial charge in [-0.25, -0.2) is 12.2 Å². The van der Waals surface area contributed by atoms with Crippen LogP contribution in [0.1, 0.15) is 41.0 Å². The fourth-order valence-corrected chi connectivity index (χ4v) is 0.581. The van der Waals surface area contributed by atoms with Gasteiger partial charge in [0, 0.05) is 0 Å². The normalized spacial score (nSPS) is 9.45. The standard InChI is InChI=1S/C5H5.C4H4N.C4H9.C3H6.2ClH.Zr/c2*1-2-4-5-3-1;1-4(2)3;1-3-2;;;/h1-3H,4H2;1-3,5H;1-3H3;1-2H3;2*1H;/q3*-1;;;;. The third-order valence-electron chi connectivity index (χ3n) is 1.03. The van der Waals surface area contributed by atoms with Gasteiger partial charge in [0.2, 0.25) is 0 Å². The van der Waals surface area contributed by atoms with Crippen molar-refractivity contribution in [2.24, 2.45) is 0 Å². The van der Waals surface area contributed by atoms with E-state index < -0.39 is 0 Å². The molecule has 4 heteroatoms. The fraction of sp³-hybridized carbons (Fsp3) is 0.375. The summed E-state index contributed by atoms with van der Waals surface area (Å²) < 4.78 is 1.51. The number of rotatable bonds is 0. The first-order valence-corrected chi connectivity index (χ1v) is 7.19. The van der Waals surface area contributed by atoms with Crippen LogP contribution in [0.5, 0.6) is 0 Å². The third-order valence-corrected chi connectivity index (χ3v) is 1.03. The topological polar surface area (TPSA) is 15.8 Å². The summed E-state index contributed by atoms with van der Waals surface area (Å²) >= 11 is 1.55. The van der Waals surface area contributed by atoms with Gasteiger partial charge in [0.15, 0.2) is 0 Å². The zero-order chi connectivity index (χ0) is 14.2. The van der Waals surface area contributed by atoms with Crippen LogP contribution in [0.3, 0.4) is 0 Å². The molecule has 1 aliphatic rings. The van der Waals surface area contributed by atoms with Gasteiger partial charge in [-0.15, -0.1) is 37.4 Å². The Morgan fingerprint density at radius 3 is 1.80 bits per heavy atom. The first-order valence-electron chi connectivity index (χ1n) is 5.96. The van der Waals surface area contributed by atoms with Gasteiger partial charge in [0.05, 0.1) is 0 Å². The van der Waals surface area contributed by atoms with Crippen molar-refractivity contribution >= 4 is 28.0 Å². The quantitative estimate of drug-likeness (QED) is 0.573. The Bertz CT molecular complexity index is 283. The zero-order valence-corrected chi connectivity index (χ0v) is 17.1. The predicted molar refractivity (Wildman–Crippen MR) is 92.3 cm³/mol. The molecule has 0 bridgehead atoms. The molecule has 0 amide bonds. The summed E-state index contributed by atoms with van der Waals surface area (Å²) in [6, 6.07) is 3.71. The minimum atomic E-state index is 0. The Labute approximate surface area is 152 Å². The van der Waals surface area contributed by atoms with Crippen LogP contribution in [0.2, 0.25) is 0 Å². The van der Waals surface area contributed by atoms with Crippen molar-refractivity contribution in [1.29, 1.82) is 0 Å². The molecule has 0 saturated heterocycles. The molecular formula is C16H26Cl2NZr-3. The van der Waals surface area contributed by atoms with Crippen LogP contribution in [0.4, 0.5) is 0 Å². The Balaban J connectivity index is -0.0000000833. The molecule has 1 aliphatic carbocycles. The number of aromatic nitrogens is 1. The van der Waals surface area contributed by atoms with Gasteiger partial charge in [-0.05, 0) is 0 Å². The number of aromatic amines is 1. The average Bonchev–Trinajstić information content (AvgIpc) is 2.96. The number of hydrogen-bond donors (Lipinski definition) is 1. The second-order valence-electron chi connectivity index (χ2n) is 4.32. The molecule has 1 aromatic rings. The molecule has 0 aliphatic heterocycles. The van der Waals surface area contributed by atoms with Gasteiger partial charge in [0.1, 0.15) is 0 Å². The molecule has 0 unspecified atom stereocenters. The van der Waals surface area contributed by atoms with Crippen molar-refractivity contribution < 1.29 is 24.2 Å². The van der Waals surface area contributed by atoms with E-state index in [0.29, 0.717) is 0 Å². The molecule has 1 nitrogen and oxygen atoms in total. The van der Waals surface area contributed by atoms with Crippen LogP contribution in [0.15, 0.2) is 36.6 Å². The van der Waals surface area contributed by atoms with Crippen molar-refractivity contribution in [2.75, 3.05) is 0 Å². The molecule has 0 atom stereocenters. The summed E-state index contributed by atoms with van der Waals surface area (Å²) in [5, 5.41) is 0. The summed E-state index contributed by atoms with van der Waals surface area (Å²) in [7, 11) is 0. The maximum Gasteiger partial charge on any atom is -0.108 e. The maximum absolute atomic E-state index is 2.99. The van der Waals surface area contributed by atoms with E-state index in [9.17, 15) is 0 Å². The van der Waals surface area contributed by atoms with Gasteiger partial charge in [-0.2, -0.15) is 45.2 Å². The smallest absolute Gasteiger partial charge is 0.108 e. The molecule has 0 radical (unpaired) electrons. The van der Waals surface area contributed by atoms with Crippen LogP contribution in [0.25, 0.3) is 0 Å². The third kappa shape index (κ3) is 51.9. The first kappa shape index (κ1) is 28.3. The predicted octanol–water partition coefficient (Wildman–Crippen LogP) is 5.33. The molecule has 2 rings (SSSR count). The summed E-state index contributed by atoms with van der Waals surface area (Å²) in [5.74, 6) is 1.42. The number of H-pyrrole nitrogens is 1. The van der Waals surface area contributed by atoms with E-state index >= 15 is 0 Å². The van der Waals surface area contributed by atoms with Gasteiger partial charge < -0.3 is 10.9 Å². The number of nitrogens with one attached hydrogen (secondary N) is 1. The molecule has 0 saturated carbocycles. The Hall–Kier alpha value is 0.0931. The average molecular weight is 395 g/mol. The minimum Gasteiger partial charge on any atom is -0.484 e. The monoisotopic (exact) mass is 392 g/mol. The van der Waals surface area contributed by atoms with E-state index in [2.05, 4.69) is 58.0 Å². The second kappa shape index (κ2) is 24.1. The van der Waals surface area contributed by atoms with Crippen molar-refractivity contribution in [3.8, 4) is 0 Å². The summed E-state index contributed by atoms with van der Waals surface area (Å²) in [4.78, 5) is 2.74. The molecule has 0 spiro atoms. The van der Waals surface area contributed by atoms with Crippen LogP contribution >= 0.6 is 24.8 Å². The molecule has 1 heterocycles. The van der Waals surface area contributed by atoms with Crippen LogP contribution in [-0.2, 0) is 24.2 Å². The minimum absolute atomic E-state index is 0. The molecule has 20 heavy (non-hydrogen) atoms. The SMILES string of the molecule is C[C-](C)C.C[C](C)=[Zr].Cl.Cl.[C-]1=CC=CC1.[c-]1ccc[nH]1. The summed E-state index contributed by atoms with van der Waals surface area (Å²) in [6.45, 7) is 10.5. The van der Waals surface area contributed by atoms with E-state index in [1.165, 1.54) is 9.12 Å². The Morgan fingerprint density at radius 1 is 1.20 bits per heavy atom. The van der Waals surface area contributed by atoms with Gasteiger partial charge in [-0.1, -0.05) is 0 Å². The van der Waals surface area contributed by atoms with Crippen molar-refractivity contribution in [1.82, 2.24) is 4.98 Å². The zero-order valence-electron chi connectivity index (χ0n) is 13.0. The number of halogens is 2. The van der Waals surface area contributed by atoms with Crippen LogP contribution < -0.4 is 0 Å². The summed E-state index contributed by atoms with van der Waals surface area (Å²) in [5.41, 5.74) is 0. The molecule has 0 aromatic carbocycles. The van der Waals surface area contributed by atoms with E-state index in [1.54, 1.807) is 24.2 Å². The van der Waals surface area contributed by atoms with Gasteiger partial charge in [-0.3, -0.25) is 6.08 Å². The fourth-order valence-electron chi connectivity index (χ4n) is 0.581. The van der Waals surface area contributed by atoms with E-state index in [4.69, 9.17) is 0 Å². The van der Waals surface area contributed by atoms with Crippen molar-refractivity contribution in [3.05, 3.63) is 54.7 Å². The number of hydrogen-bond acceptors (Lipinski definition) is 0. The van der Waals surface area contributed by atoms with E-state index in [1.807, 2.05) is 30.5 Å². The Morgan fingerprint density at radius 2 is 1.70 bits per heavy atom. The van der Waals surface area contributed by atoms with E-state index in [0.717, 1.165) is 6.42 Å². The Kier molecular flexibility index (Phi) is 34.1. The largest absolute Gasteiger partial charge is 0.484 e. The van der Waals surface area contributed by atoms with Crippen LogP contribution in [0, 0.1) is 18.2 Å². The van der Waals surface area contributed by atoms with Crippen molar-refractivity contribution in [2.45, 2.75) is 41.0 Å². The molecule has 1 aromatic heterocycles. The first-order chi connectivity index (χ1) is 8.46. The maximum atomic E-state index is 2.99. The van der Waals surface area contributed by atoms with Gasteiger partial charge in [0.25, 0.3) is 0 Å². The molecule has 1 N–H and O–H groups in total. The number of allylic oxidation sites excluding steroid dienone is 4. The molecular weight excluding hydrogens is 368 g/mol. The molecule has 116 valence electrons. The van der Waals surface area contributed by atoms with E-state index in [-0.39, 0.29) is 24.8 Å². The van der Waals surface area contributed by atoms with Crippen molar-refractivity contribution in [3.63, 3.8) is 0 Å². The second-order valence-corrected chi connectivity index (χ2v) is 6.78.